The van der Waals surface area contributed by atoms with E-state index < -0.39 is 0 Å². The summed E-state index contributed by atoms with van der Waals surface area (Å²) in [7, 11) is 0. The van der Waals surface area contributed by atoms with Crippen LogP contribution in [0.25, 0.3) is 0 Å². The van der Waals surface area contributed by atoms with E-state index in [0.717, 1.165) is 16.3 Å². The normalized spacial score (nSPS) is 10.0. The van der Waals surface area contributed by atoms with Gasteiger partial charge in [0.15, 0.2) is 0 Å². The molecule has 0 atom stereocenters. The molecule has 50 valence electrons. The zero-order chi connectivity index (χ0) is 6.85. The molecule has 0 fully saturated rings. The molecule has 1 aromatic heterocycles. The Balaban J connectivity index is 3.16. The molecule has 0 saturated heterocycles. The molecule has 9 heavy (non-hydrogen) atoms. The summed E-state index contributed by atoms with van der Waals surface area (Å²) in [4.78, 5) is 10.7. The maximum absolute atomic E-state index is 10.7. The van der Waals surface area contributed by atoms with Crippen LogP contribution in [0.3, 0.4) is 0 Å². The number of rotatable bonds is 1. The van der Waals surface area contributed by atoms with Crippen molar-refractivity contribution < 1.29 is 0 Å². The summed E-state index contributed by atoms with van der Waals surface area (Å²) in [6.45, 7) is 1.80. The van der Waals surface area contributed by atoms with Gasteiger partial charge in [0.05, 0.1) is 5.88 Å². The standard InChI is InChI=1S/C4H6N2OS2/c1-3-5-6(2-8)4(7)9-3/h8H,2H2,1H3. The summed E-state index contributed by atoms with van der Waals surface area (Å²) in [6, 6.07) is 0. The number of aromatic nitrogens is 2. The minimum Gasteiger partial charge on any atom is -0.255 e. The van der Waals surface area contributed by atoms with E-state index in [0.29, 0.717) is 5.88 Å². The number of hydrogen-bond donors (Lipinski definition) is 1. The zero-order valence-corrected chi connectivity index (χ0v) is 6.58. The first kappa shape index (κ1) is 6.82. The Hall–Kier alpha value is -0.290. The maximum Gasteiger partial charge on any atom is 0.325 e. The van der Waals surface area contributed by atoms with Crippen molar-refractivity contribution in [2.75, 3.05) is 0 Å². The molecule has 1 aromatic rings. The predicted octanol–water partition coefficient (Wildman–Crippen LogP) is 0.501. The fraction of sp³-hybridized carbons (Fsp3) is 0.500. The SMILES string of the molecule is Cc1nn(CS)c(=O)s1. The van der Waals surface area contributed by atoms with E-state index in [2.05, 4.69) is 17.7 Å². The number of nitrogens with zero attached hydrogens (tertiary/aromatic N) is 2. The van der Waals surface area contributed by atoms with Gasteiger partial charge in [0.2, 0.25) is 0 Å². The molecule has 0 amide bonds. The number of aryl methyl sites for hydroxylation is 1. The molecule has 0 aliphatic heterocycles. The minimum absolute atomic E-state index is 0.0394. The molecule has 5 heteroatoms. The maximum atomic E-state index is 10.7. The van der Waals surface area contributed by atoms with Crippen LogP contribution in [-0.2, 0) is 5.88 Å². The molecule has 0 bridgehead atoms. The second-order valence-electron chi connectivity index (χ2n) is 1.53. The summed E-state index contributed by atoms with van der Waals surface area (Å²) in [5.74, 6) is 0.364. The molecule has 1 rings (SSSR count). The lowest BCUT2D eigenvalue weighted by Gasteiger charge is -1.85. The molecule has 0 aliphatic rings. The van der Waals surface area contributed by atoms with Crippen LogP contribution in [0.4, 0.5) is 0 Å². The predicted molar refractivity (Wildman–Crippen MR) is 40.1 cm³/mol. The van der Waals surface area contributed by atoms with Gasteiger partial charge in [0.1, 0.15) is 5.01 Å². The molecular weight excluding hydrogens is 156 g/mol. The summed E-state index contributed by atoms with van der Waals surface area (Å²) < 4.78 is 1.32. The molecule has 0 spiro atoms. The Kier molecular flexibility index (Phi) is 1.92. The molecule has 0 N–H and O–H groups in total. The second-order valence-corrected chi connectivity index (χ2v) is 2.95. The molecule has 0 radical (unpaired) electrons. The molecule has 3 nitrogen and oxygen atoms in total. The van der Waals surface area contributed by atoms with Gasteiger partial charge in [-0.2, -0.15) is 17.7 Å². The van der Waals surface area contributed by atoms with E-state index in [-0.39, 0.29) is 4.87 Å². The molecule has 0 unspecified atom stereocenters. The van der Waals surface area contributed by atoms with Crippen molar-refractivity contribution in [1.29, 1.82) is 0 Å². The van der Waals surface area contributed by atoms with Crippen LogP contribution < -0.4 is 4.87 Å². The van der Waals surface area contributed by atoms with Crippen LogP contribution >= 0.6 is 24.0 Å². The van der Waals surface area contributed by atoms with E-state index in [9.17, 15) is 4.79 Å². The van der Waals surface area contributed by atoms with Gasteiger partial charge < -0.3 is 0 Å². The van der Waals surface area contributed by atoms with E-state index >= 15 is 0 Å². The highest BCUT2D eigenvalue weighted by Crippen LogP contribution is 1.94. The van der Waals surface area contributed by atoms with Gasteiger partial charge >= 0.3 is 4.87 Å². The van der Waals surface area contributed by atoms with Gasteiger partial charge in [-0.25, -0.2) is 4.68 Å². The Morgan fingerprint density at radius 2 is 2.56 bits per heavy atom. The van der Waals surface area contributed by atoms with Gasteiger partial charge in [-0.15, -0.1) is 0 Å². The number of hydrogen-bond acceptors (Lipinski definition) is 4. The van der Waals surface area contributed by atoms with Gasteiger partial charge in [-0.1, -0.05) is 11.3 Å². The third kappa shape index (κ3) is 1.34. The van der Waals surface area contributed by atoms with Gasteiger partial charge in [-0.3, -0.25) is 4.79 Å². The smallest absolute Gasteiger partial charge is 0.255 e. The fourth-order valence-corrected chi connectivity index (χ4v) is 1.39. The molecule has 0 saturated carbocycles. The van der Waals surface area contributed by atoms with Crippen molar-refractivity contribution in [3.8, 4) is 0 Å². The van der Waals surface area contributed by atoms with E-state index in [1.807, 2.05) is 0 Å². The van der Waals surface area contributed by atoms with Crippen LogP contribution in [-0.4, -0.2) is 9.78 Å². The van der Waals surface area contributed by atoms with Crippen molar-refractivity contribution >= 4 is 24.0 Å². The number of thiol groups is 1. The minimum atomic E-state index is -0.0394. The van der Waals surface area contributed by atoms with Crippen molar-refractivity contribution in [3.05, 3.63) is 14.7 Å². The van der Waals surface area contributed by atoms with E-state index in [4.69, 9.17) is 0 Å². The first-order valence-electron chi connectivity index (χ1n) is 2.39. The van der Waals surface area contributed by atoms with Crippen molar-refractivity contribution in [1.82, 2.24) is 9.78 Å². The average Bonchev–Trinajstić information content (AvgIpc) is 2.10. The Morgan fingerprint density at radius 1 is 1.89 bits per heavy atom. The second kappa shape index (κ2) is 2.53. The summed E-state index contributed by atoms with van der Waals surface area (Å²) in [5.41, 5.74) is 0. The van der Waals surface area contributed by atoms with Gasteiger partial charge in [-0.05, 0) is 6.92 Å². The topological polar surface area (TPSA) is 34.9 Å². The van der Waals surface area contributed by atoms with E-state index in [1.54, 1.807) is 6.92 Å². The molecule has 1 heterocycles. The van der Waals surface area contributed by atoms with Crippen LogP contribution in [0.1, 0.15) is 5.01 Å². The van der Waals surface area contributed by atoms with Crippen LogP contribution in [0.15, 0.2) is 4.79 Å². The third-order valence-electron chi connectivity index (χ3n) is 0.841. The van der Waals surface area contributed by atoms with Crippen LogP contribution in [0.2, 0.25) is 0 Å². The van der Waals surface area contributed by atoms with Gasteiger partial charge in [0.25, 0.3) is 0 Å². The summed E-state index contributed by atoms with van der Waals surface area (Å²) in [5, 5.41) is 4.66. The van der Waals surface area contributed by atoms with Crippen LogP contribution in [0, 0.1) is 6.92 Å². The zero-order valence-electron chi connectivity index (χ0n) is 4.87. The lowest BCUT2D eigenvalue weighted by Crippen LogP contribution is -2.11. The largest absolute Gasteiger partial charge is 0.325 e. The fourth-order valence-electron chi connectivity index (χ4n) is 0.500. The lowest BCUT2D eigenvalue weighted by atomic mass is 10.9. The monoisotopic (exact) mass is 162 g/mol. The molecular formula is C4H6N2OS2. The van der Waals surface area contributed by atoms with Gasteiger partial charge in [0, 0.05) is 0 Å². The first-order chi connectivity index (χ1) is 4.24. The molecule has 0 aromatic carbocycles. The van der Waals surface area contributed by atoms with E-state index in [1.165, 1.54) is 4.68 Å². The van der Waals surface area contributed by atoms with Crippen molar-refractivity contribution in [3.63, 3.8) is 0 Å². The first-order valence-corrected chi connectivity index (χ1v) is 3.84. The lowest BCUT2D eigenvalue weighted by molar-refractivity contribution is 0.720. The van der Waals surface area contributed by atoms with Crippen molar-refractivity contribution in [2.24, 2.45) is 0 Å². The Labute approximate surface area is 61.7 Å². The Morgan fingerprint density at radius 3 is 2.78 bits per heavy atom. The average molecular weight is 162 g/mol. The third-order valence-corrected chi connectivity index (χ3v) is 1.87. The quantitative estimate of drug-likeness (QED) is 0.610. The highest BCUT2D eigenvalue weighted by Gasteiger charge is 1.97. The van der Waals surface area contributed by atoms with Crippen LogP contribution in [0.5, 0.6) is 0 Å². The highest BCUT2D eigenvalue weighted by atomic mass is 32.1. The molecule has 0 aliphatic carbocycles. The van der Waals surface area contributed by atoms with Crippen molar-refractivity contribution in [2.45, 2.75) is 12.8 Å². The highest BCUT2D eigenvalue weighted by molar-refractivity contribution is 7.79. The Bertz CT molecular complexity index is 251. The summed E-state index contributed by atoms with van der Waals surface area (Å²) >= 11 is 5.04. The summed E-state index contributed by atoms with van der Waals surface area (Å²) in [6.07, 6.45) is 0.